The highest BCUT2D eigenvalue weighted by Crippen LogP contribution is 2.40. The molecule has 2 aromatic carbocycles. The topological polar surface area (TPSA) is 79.3 Å². The number of likely N-dealkylation sites (N-methyl/N-ethyl adjacent to an activating group) is 1. The fourth-order valence-electron chi connectivity index (χ4n) is 4.68. The van der Waals surface area contributed by atoms with Crippen LogP contribution in [0.4, 0.5) is 0 Å². The highest BCUT2D eigenvalue weighted by molar-refractivity contribution is 6.46. The van der Waals surface area contributed by atoms with Gasteiger partial charge < -0.3 is 24.4 Å². The highest BCUT2D eigenvalue weighted by Gasteiger charge is 2.46. The zero-order valence-electron chi connectivity index (χ0n) is 23.5. The van der Waals surface area contributed by atoms with Gasteiger partial charge in [-0.15, -0.1) is 0 Å². The van der Waals surface area contributed by atoms with E-state index in [0.29, 0.717) is 37.6 Å². The lowest BCUT2D eigenvalue weighted by Crippen LogP contribution is -2.38. The number of likely N-dealkylation sites (tertiary alicyclic amines) is 1. The summed E-state index contributed by atoms with van der Waals surface area (Å²) in [5.74, 6) is 0.0200. The summed E-state index contributed by atoms with van der Waals surface area (Å²) in [5.41, 5.74) is 2.15. The zero-order valence-corrected chi connectivity index (χ0v) is 23.5. The van der Waals surface area contributed by atoms with Gasteiger partial charge in [0.1, 0.15) is 17.3 Å². The molecule has 1 amide bonds. The average Bonchev–Trinajstić information content (AvgIpc) is 3.17. The van der Waals surface area contributed by atoms with Gasteiger partial charge in [0.15, 0.2) is 0 Å². The number of amides is 1. The monoisotopic (exact) mass is 522 g/mol. The zero-order chi connectivity index (χ0) is 27.7. The molecule has 1 N–H and O–H groups in total. The van der Waals surface area contributed by atoms with Crippen LogP contribution in [-0.4, -0.2) is 66.0 Å². The smallest absolute Gasteiger partial charge is 0.295 e. The maximum atomic E-state index is 13.4. The van der Waals surface area contributed by atoms with E-state index >= 15 is 0 Å². The van der Waals surface area contributed by atoms with Crippen molar-refractivity contribution in [3.05, 3.63) is 64.7 Å². The van der Waals surface area contributed by atoms with Gasteiger partial charge in [0.2, 0.25) is 0 Å². The molecule has 1 heterocycles. The summed E-state index contributed by atoms with van der Waals surface area (Å²) in [5, 5.41) is 11.5. The Kier molecular flexibility index (Phi) is 10.8. The molecule has 7 nitrogen and oxygen atoms in total. The Morgan fingerprint density at radius 3 is 2.18 bits per heavy atom. The van der Waals surface area contributed by atoms with Crippen molar-refractivity contribution >= 4 is 17.4 Å². The van der Waals surface area contributed by atoms with Crippen molar-refractivity contribution in [3.63, 3.8) is 0 Å². The van der Waals surface area contributed by atoms with Gasteiger partial charge in [-0.1, -0.05) is 46.2 Å². The second kappa shape index (κ2) is 14.0. The van der Waals surface area contributed by atoms with Crippen LogP contribution in [0.25, 0.3) is 5.76 Å². The molecule has 0 aromatic heterocycles. The number of hydrogen-bond acceptors (Lipinski definition) is 6. The van der Waals surface area contributed by atoms with Gasteiger partial charge in [-0.2, -0.15) is 0 Å². The van der Waals surface area contributed by atoms with Crippen molar-refractivity contribution in [1.82, 2.24) is 9.80 Å². The first-order valence-electron chi connectivity index (χ1n) is 13.8. The van der Waals surface area contributed by atoms with Gasteiger partial charge in [0.25, 0.3) is 11.7 Å². The molecule has 1 aliphatic heterocycles. The van der Waals surface area contributed by atoms with Crippen molar-refractivity contribution in [3.8, 4) is 11.5 Å². The number of aryl methyl sites for hydroxylation is 1. The molecular formula is C31H42N2O5. The molecule has 2 aromatic rings. The van der Waals surface area contributed by atoms with Crippen molar-refractivity contribution in [2.45, 2.75) is 59.9 Å². The predicted molar refractivity (Wildman–Crippen MR) is 151 cm³/mol. The summed E-state index contributed by atoms with van der Waals surface area (Å²) in [4.78, 5) is 30.5. The number of aliphatic hydroxyl groups excluding tert-OH is 1. The van der Waals surface area contributed by atoms with Crippen molar-refractivity contribution in [2.24, 2.45) is 0 Å². The second-order valence-corrected chi connectivity index (χ2v) is 9.62. The third kappa shape index (κ3) is 6.76. The van der Waals surface area contributed by atoms with Crippen LogP contribution in [0, 0.1) is 6.92 Å². The summed E-state index contributed by atoms with van der Waals surface area (Å²) < 4.78 is 11.5. The average molecular weight is 523 g/mol. The van der Waals surface area contributed by atoms with Crippen LogP contribution in [-0.2, 0) is 9.59 Å². The third-order valence-corrected chi connectivity index (χ3v) is 6.98. The van der Waals surface area contributed by atoms with Crippen LogP contribution >= 0.6 is 0 Å². The molecule has 1 aliphatic rings. The number of benzene rings is 2. The molecule has 0 spiro atoms. The summed E-state index contributed by atoms with van der Waals surface area (Å²) in [6, 6.07) is 12.2. The number of rotatable bonds is 14. The molecule has 1 atom stereocenters. The lowest BCUT2D eigenvalue weighted by atomic mass is 9.94. The third-order valence-electron chi connectivity index (χ3n) is 6.98. The van der Waals surface area contributed by atoms with Crippen LogP contribution in [0.2, 0.25) is 0 Å². The van der Waals surface area contributed by atoms with Gasteiger partial charge in [-0.3, -0.25) is 9.59 Å². The number of aliphatic hydroxyl groups is 1. The first kappa shape index (κ1) is 29.2. The Morgan fingerprint density at radius 2 is 1.58 bits per heavy atom. The summed E-state index contributed by atoms with van der Waals surface area (Å²) >= 11 is 0. The molecule has 1 unspecified atom stereocenters. The molecule has 0 bridgehead atoms. The Labute approximate surface area is 227 Å². The molecule has 1 fully saturated rings. The highest BCUT2D eigenvalue weighted by atomic mass is 16.5. The van der Waals surface area contributed by atoms with Gasteiger partial charge >= 0.3 is 0 Å². The molecule has 1 saturated heterocycles. The number of ketones is 1. The molecule has 3 rings (SSSR count). The van der Waals surface area contributed by atoms with Gasteiger partial charge in [-0.25, -0.2) is 0 Å². The van der Waals surface area contributed by atoms with E-state index in [4.69, 9.17) is 9.47 Å². The SMILES string of the molecule is CCCCOc1ccc(C2/C(=C(\O)c3ccc(OCCC)cc3C)C(=O)C(=O)N2CCN(CC)CC)cc1. The Hall–Kier alpha value is -3.32. The number of nitrogens with zero attached hydrogens (tertiary/aromatic N) is 2. The number of carbonyl (C=O) groups is 2. The Morgan fingerprint density at radius 1 is 0.921 bits per heavy atom. The number of Topliss-reactive ketones (excluding diaryl/α,β-unsaturated/α-hetero) is 1. The van der Waals surface area contributed by atoms with Crippen molar-refractivity contribution in [1.29, 1.82) is 0 Å². The van der Waals surface area contributed by atoms with Crippen molar-refractivity contribution in [2.75, 3.05) is 39.4 Å². The quantitative estimate of drug-likeness (QED) is 0.148. The van der Waals surface area contributed by atoms with Gasteiger partial charge in [0, 0.05) is 18.7 Å². The largest absolute Gasteiger partial charge is 0.507 e. The molecule has 7 heteroatoms. The van der Waals surface area contributed by atoms with E-state index in [9.17, 15) is 14.7 Å². The standard InChI is InChI=1S/C31H42N2O5/c1-6-10-20-38-24-13-11-23(12-14-24)28-27(30(35)31(36)33(28)18-17-32(8-3)9-4)29(34)26-16-15-25(21-22(26)5)37-19-7-2/h11-16,21,28,34H,6-10,17-20H2,1-5H3/b29-27+. The van der Waals surface area contributed by atoms with Crippen LogP contribution in [0.15, 0.2) is 48.0 Å². The number of unbranched alkanes of at least 4 members (excludes halogenated alkanes) is 1. The Bertz CT molecular complexity index is 1120. The van der Waals surface area contributed by atoms with E-state index < -0.39 is 17.7 Å². The molecular weight excluding hydrogens is 480 g/mol. The van der Waals surface area contributed by atoms with Gasteiger partial charge in [0.05, 0.1) is 24.8 Å². The van der Waals surface area contributed by atoms with E-state index in [-0.39, 0.29) is 11.3 Å². The maximum absolute atomic E-state index is 13.4. The van der Waals surface area contributed by atoms with E-state index in [1.54, 1.807) is 17.0 Å². The van der Waals surface area contributed by atoms with Crippen LogP contribution in [0.1, 0.15) is 69.7 Å². The van der Waals surface area contributed by atoms with E-state index in [1.165, 1.54) is 0 Å². The minimum atomic E-state index is -0.689. The minimum absolute atomic E-state index is 0.111. The fraction of sp³-hybridized carbons (Fsp3) is 0.484. The van der Waals surface area contributed by atoms with Crippen LogP contribution < -0.4 is 9.47 Å². The molecule has 0 radical (unpaired) electrons. The maximum Gasteiger partial charge on any atom is 0.295 e. The predicted octanol–water partition coefficient (Wildman–Crippen LogP) is 5.73. The molecule has 0 aliphatic carbocycles. The first-order chi connectivity index (χ1) is 18.4. The van der Waals surface area contributed by atoms with Crippen LogP contribution in [0.3, 0.4) is 0 Å². The summed E-state index contributed by atoms with van der Waals surface area (Å²) in [6.07, 6.45) is 2.90. The van der Waals surface area contributed by atoms with E-state index in [0.717, 1.165) is 49.2 Å². The molecule has 206 valence electrons. The van der Waals surface area contributed by atoms with E-state index in [2.05, 4.69) is 25.7 Å². The van der Waals surface area contributed by atoms with Gasteiger partial charge in [-0.05, 0) is 74.3 Å². The Balaban J connectivity index is 2.03. The normalized spacial score (nSPS) is 16.9. The summed E-state index contributed by atoms with van der Waals surface area (Å²) in [6.45, 7) is 14.1. The van der Waals surface area contributed by atoms with Crippen LogP contribution in [0.5, 0.6) is 11.5 Å². The number of carbonyl (C=O) groups excluding carboxylic acids is 2. The van der Waals surface area contributed by atoms with Crippen molar-refractivity contribution < 1.29 is 24.2 Å². The molecule has 38 heavy (non-hydrogen) atoms. The number of hydrogen-bond donors (Lipinski definition) is 1. The van der Waals surface area contributed by atoms with E-state index in [1.807, 2.05) is 44.2 Å². The first-order valence-corrected chi connectivity index (χ1v) is 13.8. The molecule has 0 saturated carbocycles. The number of ether oxygens (including phenoxy) is 2. The lowest BCUT2D eigenvalue weighted by Gasteiger charge is -2.28. The fourth-order valence-corrected chi connectivity index (χ4v) is 4.68. The summed E-state index contributed by atoms with van der Waals surface area (Å²) in [7, 11) is 0. The second-order valence-electron chi connectivity index (χ2n) is 9.62. The minimum Gasteiger partial charge on any atom is -0.507 e. The lowest BCUT2D eigenvalue weighted by molar-refractivity contribution is -0.140.